The van der Waals surface area contributed by atoms with Crippen LogP contribution in [0.5, 0.6) is 0 Å². The molecule has 0 unspecified atom stereocenters. The second-order valence-corrected chi connectivity index (χ2v) is 8.33. The van der Waals surface area contributed by atoms with Gasteiger partial charge in [0, 0.05) is 32.5 Å². The Hall–Kier alpha value is -3.22. The highest BCUT2D eigenvalue weighted by atomic mass is 19.1. The van der Waals surface area contributed by atoms with Gasteiger partial charge in [-0.05, 0) is 68.3 Å². The first-order valence-corrected chi connectivity index (χ1v) is 12.8. The van der Waals surface area contributed by atoms with E-state index in [1.807, 2.05) is 37.8 Å². The first-order chi connectivity index (χ1) is 17.3. The standard InChI is InChI=1S/C20H33N3O2.C7H6FN.C2H6/c1-4-23(20(25)11-10-17(2)3)13-12-21-16-22-15-18-8-6-5-7-9-19(24)14-18;1-9-7-4-2-6(8)3-5-7;1-2/h5,7-9,16-17,24H,4,6,10-15H2,1-3H3,(H,21,22);2-5H,1H2;1-2H3/b7-5?,18-8+,19-9+;;. The van der Waals surface area contributed by atoms with Crippen molar-refractivity contribution in [1.29, 1.82) is 0 Å². The fraction of sp³-hybridized carbons (Fsp3) is 0.483. The molecule has 6 nitrogen and oxygen atoms in total. The van der Waals surface area contributed by atoms with Gasteiger partial charge in [-0.1, -0.05) is 45.9 Å². The molecule has 0 fully saturated rings. The summed E-state index contributed by atoms with van der Waals surface area (Å²) in [6.45, 7) is 16.3. The minimum Gasteiger partial charge on any atom is -0.512 e. The Morgan fingerprint density at radius 3 is 2.58 bits per heavy atom. The van der Waals surface area contributed by atoms with Gasteiger partial charge >= 0.3 is 0 Å². The summed E-state index contributed by atoms with van der Waals surface area (Å²) in [5.41, 5.74) is 1.80. The maximum atomic E-state index is 12.2. The third-order valence-corrected chi connectivity index (χ3v) is 5.06. The number of carbonyl (C=O) groups excluding carboxylic acids is 1. The highest BCUT2D eigenvalue weighted by Gasteiger charge is 2.11. The molecular weight excluding hydrogens is 455 g/mol. The Morgan fingerprint density at radius 2 is 1.97 bits per heavy atom. The van der Waals surface area contributed by atoms with E-state index in [9.17, 15) is 14.3 Å². The number of nitrogens with zero attached hydrogens (tertiary/aromatic N) is 3. The molecule has 0 saturated carbocycles. The number of nitrogens with one attached hydrogen (secondary N) is 1. The molecule has 0 saturated heterocycles. The molecule has 0 spiro atoms. The van der Waals surface area contributed by atoms with E-state index in [-0.39, 0.29) is 11.7 Å². The average Bonchev–Trinajstić information content (AvgIpc) is 2.87. The van der Waals surface area contributed by atoms with Crippen LogP contribution in [0.15, 0.2) is 69.9 Å². The first-order valence-electron chi connectivity index (χ1n) is 12.8. The molecule has 0 radical (unpaired) electrons. The molecule has 1 amide bonds. The predicted octanol–water partition coefficient (Wildman–Crippen LogP) is 6.79. The summed E-state index contributed by atoms with van der Waals surface area (Å²) in [7, 11) is 0. The lowest BCUT2D eigenvalue weighted by Gasteiger charge is -2.21. The third kappa shape index (κ3) is 16.4. The number of rotatable bonds is 11. The van der Waals surface area contributed by atoms with Crippen LogP contribution in [0.1, 0.15) is 60.3 Å². The highest BCUT2D eigenvalue weighted by Crippen LogP contribution is 2.13. The number of allylic oxidation sites excluding steroid dienone is 5. The quantitative estimate of drug-likeness (QED) is 0.152. The van der Waals surface area contributed by atoms with Gasteiger partial charge in [0.15, 0.2) is 0 Å². The van der Waals surface area contributed by atoms with E-state index in [0.717, 1.165) is 25.0 Å². The van der Waals surface area contributed by atoms with E-state index in [2.05, 4.69) is 41.9 Å². The zero-order chi connectivity index (χ0) is 27.2. The van der Waals surface area contributed by atoms with Gasteiger partial charge in [0.2, 0.25) is 5.91 Å². The molecule has 0 atom stereocenters. The molecule has 36 heavy (non-hydrogen) atoms. The lowest BCUT2D eigenvalue weighted by molar-refractivity contribution is -0.131. The molecule has 2 N–H and O–H groups in total. The third-order valence-electron chi connectivity index (χ3n) is 5.06. The number of aliphatic imine (C=N–C) groups is 2. The summed E-state index contributed by atoms with van der Waals surface area (Å²) in [6, 6.07) is 5.85. The maximum absolute atomic E-state index is 12.2. The van der Waals surface area contributed by atoms with Crippen LogP contribution in [-0.2, 0) is 4.79 Å². The number of halogens is 1. The number of hydrogen-bond donors (Lipinski definition) is 2. The first kappa shape index (κ1) is 32.8. The Balaban J connectivity index is 0.000000922. The molecular formula is C29H45FN4O2. The van der Waals surface area contributed by atoms with Crippen LogP contribution in [0, 0.1) is 11.7 Å². The number of carbonyl (C=O) groups is 1. The van der Waals surface area contributed by atoms with Gasteiger partial charge in [-0.25, -0.2) is 4.39 Å². The van der Waals surface area contributed by atoms with Crippen molar-refractivity contribution in [3.8, 4) is 0 Å². The number of benzene rings is 1. The molecule has 1 aromatic carbocycles. The number of aliphatic hydroxyl groups is 1. The van der Waals surface area contributed by atoms with Crippen LogP contribution in [0.2, 0.25) is 0 Å². The summed E-state index contributed by atoms with van der Waals surface area (Å²) < 4.78 is 12.2. The molecule has 1 aromatic rings. The van der Waals surface area contributed by atoms with Crippen molar-refractivity contribution in [3.63, 3.8) is 0 Å². The summed E-state index contributed by atoms with van der Waals surface area (Å²) in [6.07, 6.45) is 12.4. The second-order valence-electron chi connectivity index (χ2n) is 8.33. The molecule has 1 aliphatic carbocycles. The fourth-order valence-corrected chi connectivity index (χ4v) is 3.04. The normalized spacial score (nSPS) is 15.6. The molecule has 0 aromatic heterocycles. The second kappa shape index (κ2) is 21.1. The summed E-state index contributed by atoms with van der Waals surface area (Å²) in [5.74, 6) is 0.900. The average molecular weight is 501 g/mol. The van der Waals surface area contributed by atoms with E-state index in [1.165, 1.54) is 12.1 Å². The minimum atomic E-state index is -0.248. The van der Waals surface area contributed by atoms with Crippen molar-refractivity contribution < 1.29 is 14.3 Å². The van der Waals surface area contributed by atoms with Crippen LogP contribution in [-0.4, -0.2) is 55.1 Å². The van der Waals surface area contributed by atoms with Crippen LogP contribution in [0.3, 0.4) is 0 Å². The van der Waals surface area contributed by atoms with Crippen LogP contribution >= 0.6 is 0 Å². The number of aliphatic hydroxyl groups excluding tert-OH is 1. The van der Waals surface area contributed by atoms with E-state index in [1.54, 1.807) is 24.5 Å². The number of amides is 1. The van der Waals surface area contributed by atoms with E-state index >= 15 is 0 Å². The van der Waals surface area contributed by atoms with Gasteiger partial charge in [0.05, 0.1) is 24.3 Å². The monoisotopic (exact) mass is 500 g/mol. The summed E-state index contributed by atoms with van der Waals surface area (Å²) in [5, 5.41) is 12.9. The van der Waals surface area contributed by atoms with Crippen LogP contribution in [0.25, 0.3) is 0 Å². The van der Waals surface area contributed by atoms with E-state index in [4.69, 9.17) is 0 Å². The molecule has 0 heterocycles. The van der Waals surface area contributed by atoms with Gasteiger partial charge in [0.25, 0.3) is 0 Å². The van der Waals surface area contributed by atoms with Crippen LogP contribution < -0.4 is 5.32 Å². The number of likely N-dealkylation sites (N-methyl/N-ethyl adjacent to an activating group) is 1. The van der Waals surface area contributed by atoms with Gasteiger partial charge in [0.1, 0.15) is 5.82 Å². The molecule has 0 bridgehead atoms. The zero-order valence-corrected chi connectivity index (χ0v) is 22.7. The maximum Gasteiger partial charge on any atom is 0.222 e. The van der Waals surface area contributed by atoms with E-state index < -0.39 is 0 Å². The van der Waals surface area contributed by atoms with E-state index in [0.29, 0.717) is 49.8 Å². The fourth-order valence-electron chi connectivity index (χ4n) is 3.04. The lowest BCUT2D eigenvalue weighted by Crippen LogP contribution is -2.36. The smallest absolute Gasteiger partial charge is 0.222 e. The van der Waals surface area contributed by atoms with Crippen molar-refractivity contribution in [2.24, 2.45) is 15.9 Å². The Labute approximate surface area is 217 Å². The van der Waals surface area contributed by atoms with Crippen molar-refractivity contribution in [2.75, 3.05) is 26.2 Å². The minimum absolute atomic E-state index is 0.227. The van der Waals surface area contributed by atoms with Crippen LogP contribution in [0.4, 0.5) is 10.1 Å². The van der Waals surface area contributed by atoms with Gasteiger partial charge in [-0.15, -0.1) is 0 Å². The largest absolute Gasteiger partial charge is 0.512 e. The summed E-state index contributed by atoms with van der Waals surface area (Å²) >= 11 is 0. The molecule has 2 rings (SSSR count). The Morgan fingerprint density at radius 1 is 1.28 bits per heavy atom. The molecule has 200 valence electrons. The molecule has 0 aliphatic heterocycles. The summed E-state index contributed by atoms with van der Waals surface area (Å²) in [4.78, 5) is 22.0. The Bertz CT molecular complexity index is 859. The van der Waals surface area contributed by atoms with Crippen molar-refractivity contribution in [2.45, 2.75) is 60.3 Å². The zero-order valence-electron chi connectivity index (χ0n) is 22.7. The van der Waals surface area contributed by atoms with Gasteiger partial charge in [-0.2, -0.15) is 0 Å². The highest BCUT2D eigenvalue weighted by molar-refractivity contribution is 5.76. The molecule has 7 heteroatoms. The number of hydrogen-bond acceptors (Lipinski definition) is 4. The topological polar surface area (TPSA) is 77.3 Å². The van der Waals surface area contributed by atoms with Crippen molar-refractivity contribution in [3.05, 3.63) is 65.7 Å². The Kier molecular flexibility index (Phi) is 19.2. The van der Waals surface area contributed by atoms with Crippen molar-refractivity contribution in [1.82, 2.24) is 10.2 Å². The van der Waals surface area contributed by atoms with Crippen molar-refractivity contribution >= 4 is 24.7 Å². The SMILES string of the molecule is C=Nc1ccc(F)cc1.CC.CCN(CCNC=NC/C1=C/CC=C/C=C(/O)C1)C(=O)CCC(C)C. The van der Waals surface area contributed by atoms with Gasteiger partial charge < -0.3 is 15.3 Å². The van der Waals surface area contributed by atoms with Gasteiger partial charge in [-0.3, -0.25) is 14.8 Å². The predicted molar refractivity (Wildman–Crippen MR) is 152 cm³/mol. The lowest BCUT2D eigenvalue weighted by atomic mass is 10.1. The molecule has 1 aliphatic rings.